The average molecular weight is 414 g/mol. The molecule has 9 heteroatoms. The van der Waals surface area contributed by atoms with E-state index in [1.165, 1.54) is 12.1 Å². The normalized spacial score (nSPS) is 12.0. The van der Waals surface area contributed by atoms with Crippen molar-refractivity contribution < 1.29 is 26.4 Å². The van der Waals surface area contributed by atoms with E-state index >= 15 is 0 Å². The van der Waals surface area contributed by atoms with Gasteiger partial charge < -0.3 is 5.32 Å². The van der Waals surface area contributed by atoms with Crippen molar-refractivity contribution >= 4 is 15.9 Å². The summed E-state index contributed by atoms with van der Waals surface area (Å²) in [5, 5.41) is 2.55. The molecule has 152 valence electrons. The third-order valence-corrected chi connectivity index (χ3v) is 5.65. The molecule has 2 aromatic carbocycles. The van der Waals surface area contributed by atoms with Gasteiger partial charge >= 0.3 is 6.18 Å². The van der Waals surface area contributed by atoms with Gasteiger partial charge in [-0.15, -0.1) is 0 Å². The highest BCUT2D eigenvalue weighted by Gasteiger charge is 2.29. The lowest BCUT2D eigenvalue weighted by Crippen LogP contribution is -2.31. The van der Waals surface area contributed by atoms with E-state index in [1.807, 2.05) is 6.07 Å². The van der Waals surface area contributed by atoms with Crippen LogP contribution in [0.25, 0.3) is 0 Å². The third-order valence-electron chi connectivity index (χ3n) is 4.05. The minimum Gasteiger partial charge on any atom is -0.352 e. The van der Waals surface area contributed by atoms with Crippen LogP contribution in [0.3, 0.4) is 0 Å². The van der Waals surface area contributed by atoms with Crippen molar-refractivity contribution in [2.24, 2.45) is 0 Å². The summed E-state index contributed by atoms with van der Waals surface area (Å²) in [6, 6.07) is 9.53. The van der Waals surface area contributed by atoms with E-state index in [0.29, 0.717) is 11.1 Å². The monoisotopic (exact) mass is 414 g/mol. The largest absolute Gasteiger partial charge is 0.416 e. The van der Waals surface area contributed by atoms with Crippen LogP contribution in [0.2, 0.25) is 0 Å². The van der Waals surface area contributed by atoms with Crippen molar-refractivity contribution in [2.45, 2.75) is 37.9 Å². The van der Waals surface area contributed by atoms with E-state index in [2.05, 4.69) is 10.0 Å². The second kappa shape index (κ2) is 8.74. The number of hydrogen-bond donors (Lipinski definition) is 2. The van der Waals surface area contributed by atoms with E-state index in [4.69, 9.17) is 0 Å². The van der Waals surface area contributed by atoms with Gasteiger partial charge in [0.15, 0.2) is 0 Å². The summed E-state index contributed by atoms with van der Waals surface area (Å²) < 4.78 is 64.6. The molecule has 0 spiro atoms. The molecule has 0 unspecified atom stereocenters. The number of benzene rings is 2. The first-order valence-corrected chi connectivity index (χ1v) is 9.97. The number of amides is 1. The first kappa shape index (κ1) is 21.9. The lowest BCUT2D eigenvalue weighted by molar-refractivity contribution is -0.137. The molecule has 5 nitrogen and oxygen atoms in total. The van der Waals surface area contributed by atoms with Crippen LogP contribution in [-0.2, 0) is 27.5 Å². The predicted molar refractivity (Wildman–Crippen MR) is 99.0 cm³/mol. The molecule has 0 bridgehead atoms. The summed E-state index contributed by atoms with van der Waals surface area (Å²) >= 11 is 0. The van der Waals surface area contributed by atoms with E-state index < -0.39 is 27.7 Å². The van der Waals surface area contributed by atoms with Crippen LogP contribution < -0.4 is 10.0 Å². The first-order chi connectivity index (χ1) is 13.0. The maximum atomic E-state index is 12.5. The number of nitrogens with one attached hydrogen (secondary N) is 2. The molecule has 0 aliphatic carbocycles. The molecule has 0 aliphatic heterocycles. The van der Waals surface area contributed by atoms with E-state index in [-0.39, 0.29) is 24.4 Å². The molecule has 1 amide bonds. The Morgan fingerprint density at radius 1 is 1.04 bits per heavy atom. The summed E-state index contributed by atoms with van der Waals surface area (Å²) in [7, 11) is -3.73. The van der Waals surface area contributed by atoms with Gasteiger partial charge in [0.2, 0.25) is 15.9 Å². The Morgan fingerprint density at radius 3 is 2.29 bits per heavy atom. The fraction of sp³-hybridized carbons (Fsp3) is 0.316. The lowest BCUT2D eigenvalue weighted by atomic mass is 10.1. The van der Waals surface area contributed by atoms with E-state index in [0.717, 1.165) is 17.7 Å². The Kier molecular flexibility index (Phi) is 6.84. The zero-order valence-electron chi connectivity index (χ0n) is 15.4. The zero-order chi connectivity index (χ0) is 20.9. The third kappa shape index (κ3) is 6.07. The van der Waals surface area contributed by atoms with Crippen LogP contribution in [0.1, 0.15) is 28.7 Å². The fourth-order valence-electron chi connectivity index (χ4n) is 2.47. The van der Waals surface area contributed by atoms with E-state index in [9.17, 15) is 26.4 Å². The van der Waals surface area contributed by atoms with Crippen LogP contribution in [0.5, 0.6) is 0 Å². The van der Waals surface area contributed by atoms with Crippen molar-refractivity contribution in [1.82, 2.24) is 10.0 Å². The van der Waals surface area contributed by atoms with Crippen molar-refractivity contribution in [3.05, 3.63) is 64.7 Å². The van der Waals surface area contributed by atoms with Gasteiger partial charge in [-0.2, -0.15) is 13.2 Å². The summed E-state index contributed by atoms with van der Waals surface area (Å²) in [6.07, 6.45) is -4.50. The number of aryl methyl sites for hydroxylation is 2. The van der Waals surface area contributed by atoms with Crippen molar-refractivity contribution in [3.63, 3.8) is 0 Å². The van der Waals surface area contributed by atoms with Gasteiger partial charge in [-0.05, 0) is 48.7 Å². The number of carbonyl (C=O) groups excluding carboxylic acids is 1. The Hall–Kier alpha value is -2.39. The van der Waals surface area contributed by atoms with Gasteiger partial charge in [0.25, 0.3) is 0 Å². The molecular formula is C19H21F3N2O3S. The molecular weight excluding hydrogens is 393 g/mol. The second-order valence-electron chi connectivity index (χ2n) is 6.39. The standard InChI is InChI=1S/C19H21F3N2O3S/c1-13-3-4-14(2)17(11-13)28(26,27)24-10-9-18(25)23-12-15-5-7-16(8-6-15)19(20,21)22/h3-8,11,24H,9-10,12H2,1-2H3,(H,23,25). The number of sulfonamides is 1. The van der Waals surface area contributed by atoms with Crippen LogP contribution >= 0.6 is 0 Å². The molecule has 0 saturated carbocycles. The maximum Gasteiger partial charge on any atom is 0.416 e. The number of halogens is 3. The highest BCUT2D eigenvalue weighted by molar-refractivity contribution is 7.89. The van der Waals surface area contributed by atoms with Gasteiger partial charge in [0, 0.05) is 19.5 Å². The molecule has 0 atom stereocenters. The highest BCUT2D eigenvalue weighted by atomic mass is 32.2. The number of carbonyl (C=O) groups is 1. The molecule has 2 aromatic rings. The zero-order valence-corrected chi connectivity index (χ0v) is 16.2. The summed E-state index contributed by atoms with van der Waals surface area (Å²) in [6.45, 7) is 3.44. The molecule has 0 aliphatic rings. The van der Waals surface area contributed by atoms with Gasteiger partial charge in [-0.3, -0.25) is 4.79 Å². The van der Waals surface area contributed by atoms with E-state index in [1.54, 1.807) is 26.0 Å². The molecule has 0 radical (unpaired) electrons. The molecule has 0 heterocycles. The summed E-state index contributed by atoms with van der Waals surface area (Å²) in [5.74, 6) is -0.413. The summed E-state index contributed by atoms with van der Waals surface area (Å²) in [5.41, 5.74) is 1.16. The fourth-order valence-corrected chi connectivity index (χ4v) is 3.83. The minimum atomic E-state index is -4.41. The maximum absolute atomic E-state index is 12.5. The Morgan fingerprint density at radius 2 is 1.68 bits per heavy atom. The van der Waals surface area contributed by atoms with Crippen LogP contribution in [0.4, 0.5) is 13.2 Å². The summed E-state index contributed by atoms with van der Waals surface area (Å²) in [4.78, 5) is 12.0. The molecule has 2 rings (SSSR count). The van der Waals surface area contributed by atoms with Gasteiger partial charge in [-0.1, -0.05) is 24.3 Å². The minimum absolute atomic E-state index is 0.0563. The van der Waals surface area contributed by atoms with Crippen LogP contribution in [-0.4, -0.2) is 20.9 Å². The van der Waals surface area contributed by atoms with Crippen LogP contribution in [0, 0.1) is 13.8 Å². The number of alkyl halides is 3. The molecule has 0 fully saturated rings. The molecule has 0 aromatic heterocycles. The Bertz CT molecular complexity index is 940. The predicted octanol–water partition coefficient (Wildman–Crippen LogP) is 3.31. The van der Waals surface area contributed by atoms with Crippen molar-refractivity contribution in [1.29, 1.82) is 0 Å². The Labute approximate surface area is 162 Å². The van der Waals surface area contributed by atoms with Gasteiger partial charge in [-0.25, -0.2) is 13.1 Å². The molecule has 2 N–H and O–H groups in total. The first-order valence-electron chi connectivity index (χ1n) is 8.49. The second-order valence-corrected chi connectivity index (χ2v) is 8.12. The lowest BCUT2D eigenvalue weighted by Gasteiger charge is -2.11. The average Bonchev–Trinajstić information content (AvgIpc) is 2.61. The molecule has 0 saturated heterocycles. The van der Waals surface area contributed by atoms with Crippen molar-refractivity contribution in [2.75, 3.05) is 6.54 Å². The van der Waals surface area contributed by atoms with Crippen molar-refractivity contribution in [3.8, 4) is 0 Å². The topological polar surface area (TPSA) is 75.3 Å². The smallest absolute Gasteiger partial charge is 0.352 e. The SMILES string of the molecule is Cc1ccc(C)c(S(=O)(=O)NCCC(=O)NCc2ccc(C(F)(F)F)cc2)c1. The van der Waals surface area contributed by atoms with Gasteiger partial charge in [0.1, 0.15) is 0 Å². The molecule has 28 heavy (non-hydrogen) atoms. The van der Waals surface area contributed by atoms with Gasteiger partial charge in [0.05, 0.1) is 10.5 Å². The number of rotatable bonds is 7. The number of hydrogen-bond acceptors (Lipinski definition) is 3. The quantitative estimate of drug-likeness (QED) is 0.730. The highest BCUT2D eigenvalue weighted by Crippen LogP contribution is 2.29. The van der Waals surface area contributed by atoms with Crippen LogP contribution in [0.15, 0.2) is 47.4 Å². The Balaban J connectivity index is 1.83.